The normalized spacial score (nSPS) is 17.8. The van der Waals surface area contributed by atoms with E-state index in [2.05, 4.69) is 134 Å². The van der Waals surface area contributed by atoms with Crippen LogP contribution < -0.4 is 4.90 Å². The van der Waals surface area contributed by atoms with Crippen molar-refractivity contribution in [3.63, 3.8) is 0 Å². The Balaban J connectivity index is 1.14. The summed E-state index contributed by atoms with van der Waals surface area (Å²) >= 11 is 0. The summed E-state index contributed by atoms with van der Waals surface area (Å²) in [5.74, 6) is 1.45. The molecule has 0 unspecified atom stereocenters. The first-order valence-corrected chi connectivity index (χ1v) is 17.9. The van der Waals surface area contributed by atoms with Gasteiger partial charge in [0.1, 0.15) is 0 Å². The van der Waals surface area contributed by atoms with Gasteiger partial charge in [-0.1, -0.05) is 131 Å². The molecule has 0 heterocycles. The Morgan fingerprint density at radius 1 is 0.457 bits per heavy atom. The molecule has 1 heteroatoms. The Labute approximate surface area is 276 Å². The highest BCUT2D eigenvalue weighted by molar-refractivity contribution is 5.86. The van der Waals surface area contributed by atoms with Gasteiger partial charge in [0.05, 0.1) is 0 Å². The highest BCUT2D eigenvalue weighted by atomic mass is 15.1. The van der Waals surface area contributed by atoms with Crippen molar-refractivity contribution in [1.29, 1.82) is 0 Å². The predicted octanol–water partition coefficient (Wildman–Crippen LogP) is 13.2. The molecule has 0 bridgehead atoms. The first-order chi connectivity index (χ1) is 22.6. The highest BCUT2D eigenvalue weighted by Gasteiger charge is 2.35. The van der Waals surface area contributed by atoms with Crippen molar-refractivity contribution < 1.29 is 0 Å². The number of fused-ring (bicyclic) bond motifs is 3. The molecule has 8 rings (SSSR count). The summed E-state index contributed by atoms with van der Waals surface area (Å²) < 4.78 is 0. The summed E-state index contributed by atoms with van der Waals surface area (Å²) in [7, 11) is 0. The number of benzene rings is 5. The maximum absolute atomic E-state index is 2.46. The average Bonchev–Trinajstić information content (AvgIpc) is 3.35. The summed E-state index contributed by atoms with van der Waals surface area (Å²) in [5, 5.41) is 0. The fourth-order valence-corrected chi connectivity index (χ4v) is 8.80. The van der Waals surface area contributed by atoms with Crippen LogP contribution in [0, 0.1) is 0 Å². The molecule has 0 atom stereocenters. The fraction of sp³-hybridized carbons (Fsp3) is 0.333. The third-order valence-electron chi connectivity index (χ3n) is 11.5. The topological polar surface area (TPSA) is 3.24 Å². The van der Waals surface area contributed by atoms with Gasteiger partial charge in [0.15, 0.2) is 0 Å². The minimum Gasteiger partial charge on any atom is -0.310 e. The van der Waals surface area contributed by atoms with E-state index in [1.807, 2.05) is 0 Å². The van der Waals surface area contributed by atoms with Crippen molar-refractivity contribution in [2.24, 2.45) is 0 Å². The van der Waals surface area contributed by atoms with Crippen LogP contribution in [0.1, 0.15) is 112 Å². The standard InChI is InChI=1S/C45H47N/c1-45(2)43-16-10-9-15-41(43)42-30-29-40(31-44(42)45)46(38-25-21-36(22-26-38)33-13-7-4-8-14-33)39-27-23-37(24-28-39)35-19-17-34(18-20-35)32-11-5-3-6-12-32/h9-10,15-33H,3-8,11-14H2,1-2H3. The maximum atomic E-state index is 2.46. The van der Waals surface area contributed by atoms with Gasteiger partial charge in [-0.15, -0.1) is 0 Å². The molecule has 0 N–H and O–H groups in total. The van der Waals surface area contributed by atoms with Crippen LogP contribution in [0.3, 0.4) is 0 Å². The lowest BCUT2D eigenvalue weighted by Crippen LogP contribution is -2.16. The second-order valence-electron chi connectivity index (χ2n) is 14.7. The average molecular weight is 602 g/mol. The Bertz CT molecular complexity index is 1800. The largest absolute Gasteiger partial charge is 0.310 e. The Kier molecular flexibility index (Phi) is 7.81. The molecule has 5 aromatic rings. The molecule has 46 heavy (non-hydrogen) atoms. The zero-order chi connectivity index (χ0) is 31.1. The predicted molar refractivity (Wildman–Crippen MR) is 196 cm³/mol. The quantitative estimate of drug-likeness (QED) is 0.187. The van der Waals surface area contributed by atoms with Crippen molar-refractivity contribution in [3.05, 3.63) is 138 Å². The van der Waals surface area contributed by atoms with E-state index in [4.69, 9.17) is 0 Å². The molecule has 3 aliphatic rings. The number of hydrogen-bond donors (Lipinski definition) is 0. The third kappa shape index (κ3) is 5.38. The number of nitrogens with zero attached hydrogens (tertiary/aromatic N) is 1. The van der Waals surface area contributed by atoms with E-state index >= 15 is 0 Å². The van der Waals surface area contributed by atoms with Gasteiger partial charge in [-0.2, -0.15) is 0 Å². The van der Waals surface area contributed by atoms with Crippen LogP contribution >= 0.6 is 0 Å². The summed E-state index contributed by atoms with van der Waals surface area (Å²) in [6.07, 6.45) is 13.6. The van der Waals surface area contributed by atoms with Gasteiger partial charge in [-0.05, 0) is 118 Å². The zero-order valence-electron chi connectivity index (χ0n) is 27.6. The van der Waals surface area contributed by atoms with Gasteiger partial charge in [-0.3, -0.25) is 0 Å². The fourth-order valence-electron chi connectivity index (χ4n) is 8.80. The van der Waals surface area contributed by atoms with Gasteiger partial charge < -0.3 is 4.90 Å². The first kappa shape index (κ1) is 29.3. The first-order valence-electron chi connectivity index (χ1n) is 17.9. The smallest absolute Gasteiger partial charge is 0.0465 e. The molecular formula is C45H47N. The lowest BCUT2D eigenvalue weighted by molar-refractivity contribution is 0.443. The molecule has 0 amide bonds. The molecule has 0 spiro atoms. The van der Waals surface area contributed by atoms with E-state index in [0.717, 1.165) is 5.92 Å². The van der Waals surface area contributed by atoms with Crippen LogP contribution in [0.2, 0.25) is 0 Å². The Morgan fingerprint density at radius 2 is 0.913 bits per heavy atom. The third-order valence-corrected chi connectivity index (χ3v) is 11.5. The molecule has 0 aliphatic heterocycles. The maximum Gasteiger partial charge on any atom is 0.0465 e. The van der Waals surface area contributed by atoms with Crippen molar-refractivity contribution >= 4 is 17.1 Å². The minimum absolute atomic E-state index is 0.0356. The van der Waals surface area contributed by atoms with Gasteiger partial charge >= 0.3 is 0 Å². The summed E-state index contributed by atoms with van der Waals surface area (Å²) in [6.45, 7) is 4.75. The highest BCUT2D eigenvalue weighted by Crippen LogP contribution is 2.50. The lowest BCUT2D eigenvalue weighted by atomic mass is 9.82. The molecule has 2 saturated carbocycles. The van der Waals surface area contributed by atoms with Gasteiger partial charge in [0.25, 0.3) is 0 Å². The summed E-state index contributed by atoms with van der Waals surface area (Å²) in [4.78, 5) is 2.46. The van der Waals surface area contributed by atoms with Crippen LogP contribution in [0.25, 0.3) is 22.3 Å². The van der Waals surface area contributed by atoms with Crippen LogP contribution in [0.15, 0.2) is 115 Å². The van der Waals surface area contributed by atoms with Crippen molar-refractivity contribution in [2.45, 2.75) is 95.3 Å². The van der Waals surface area contributed by atoms with E-state index in [0.29, 0.717) is 5.92 Å². The molecule has 2 fully saturated rings. The van der Waals surface area contributed by atoms with Crippen LogP contribution in [-0.2, 0) is 5.41 Å². The van der Waals surface area contributed by atoms with Gasteiger partial charge in [-0.25, -0.2) is 0 Å². The molecule has 0 saturated heterocycles. The lowest BCUT2D eigenvalue weighted by Gasteiger charge is -2.29. The molecular weight excluding hydrogens is 555 g/mol. The van der Waals surface area contributed by atoms with E-state index in [1.165, 1.54) is 126 Å². The zero-order valence-corrected chi connectivity index (χ0v) is 27.6. The molecule has 3 aliphatic carbocycles. The molecule has 1 nitrogen and oxygen atoms in total. The van der Waals surface area contributed by atoms with Gasteiger partial charge in [0.2, 0.25) is 0 Å². The Hall–Kier alpha value is -4.10. The molecule has 5 aromatic carbocycles. The molecule has 0 radical (unpaired) electrons. The van der Waals surface area contributed by atoms with Crippen LogP contribution in [0.4, 0.5) is 17.1 Å². The van der Waals surface area contributed by atoms with Crippen molar-refractivity contribution in [2.75, 3.05) is 4.90 Å². The van der Waals surface area contributed by atoms with E-state index < -0.39 is 0 Å². The molecule has 232 valence electrons. The van der Waals surface area contributed by atoms with Crippen molar-refractivity contribution in [1.82, 2.24) is 0 Å². The minimum atomic E-state index is -0.0356. The number of rotatable bonds is 6. The van der Waals surface area contributed by atoms with Gasteiger partial charge in [0, 0.05) is 22.5 Å². The van der Waals surface area contributed by atoms with E-state index in [1.54, 1.807) is 0 Å². The van der Waals surface area contributed by atoms with Crippen molar-refractivity contribution in [3.8, 4) is 22.3 Å². The Morgan fingerprint density at radius 3 is 1.50 bits per heavy atom. The SMILES string of the molecule is CC1(C)c2ccccc2-c2ccc(N(c3ccc(-c4ccc(C5CCCCC5)cc4)cc3)c3ccc(C4CCCCC4)cc3)cc21. The second kappa shape index (κ2) is 12.3. The summed E-state index contributed by atoms with van der Waals surface area (Å²) in [5.41, 5.74) is 14.8. The van der Waals surface area contributed by atoms with E-state index in [9.17, 15) is 0 Å². The monoisotopic (exact) mass is 601 g/mol. The van der Waals surface area contributed by atoms with E-state index in [-0.39, 0.29) is 5.41 Å². The van der Waals surface area contributed by atoms with Crippen LogP contribution in [0.5, 0.6) is 0 Å². The molecule has 0 aromatic heterocycles. The van der Waals surface area contributed by atoms with Crippen LogP contribution in [-0.4, -0.2) is 0 Å². The summed E-state index contributed by atoms with van der Waals surface area (Å²) in [6, 6.07) is 44.2. The second-order valence-corrected chi connectivity index (χ2v) is 14.7. The number of anilines is 3. The number of hydrogen-bond acceptors (Lipinski definition) is 1.